The molecular weight excluding hydrogens is 410 g/mol. The van der Waals surface area contributed by atoms with Crippen LogP contribution in [0.3, 0.4) is 0 Å². The Morgan fingerprint density at radius 2 is 1.84 bits per heavy atom. The molecule has 1 aromatic carbocycles. The van der Waals surface area contributed by atoms with Crippen molar-refractivity contribution < 1.29 is 18.8 Å². The van der Waals surface area contributed by atoms with Crippen LogP contribution in [0, 0.1) is 4.91 Å². The molecule has 0 spiro atoms. The van der Waals surface area contributed by atoms with Crippen LogP contribution in [0.1, 0.15) is 5.76 Å². The van der Waals surface area contributed by atoms with E-state index in [4.69, 9.17) is 16.6 Å². The molecule has 0 radical (unpaired) electrons. The van der Waals surface area contributed by atoms with E-state index in [9.17, 15) is 14.5 Å². The average Bonchev–Trinajstić information content (AvgIpc) is 2.99. The Hall–Kier alpha value is -2.65. The van der Waals surface area contributed by atoms with Gasteiger partial charge < -0.3 is 4.42 Å². The van der Waals surface area contributed by atoms with Crippen LogP contribution in [-0.2, 0) is 9.59 Å². The number of halogens is 1. The highest BCUT2D eigenvalue weighted by atomic mass is 79.9. The van der Waals surface area contributed by atoms with Crippen LogP contribution in [0.25, 0.3) is 17.4 Å². The quantitative estimate of drug-likeness (QED) is 0.344. The molecule has 0 aliphatic carbocycles. The number of rotatable bonds is 3. The van der Waals surface area contributed by atoms with Gasteiger partial charge in [0.05, 0.1) is 0 Å². The van der Waals surface area contributed by atoms with Gasteiger partial charge in [0.2, 0.25) is 0 Å². The molecule has 0 unspecified atom stereocenters. The fourth-order valence-corrected chi connectivity index (χ4v) is 2.97. The number of nitroso groups, excluding NO2 is 1. The van der Waals surface area contributed by atoms with Gasteiger partial charge in [-0.05, 0) is 52.4 Å². The Morgan fingerprint density at radius 1 is 1.16 bits per heavy atom. The number of thiocarbonyl (C=S) groups is 1. The van der Waals surface area contributed by atoms with Gasteiger partial charge in [0, 0.05) is 31.8 Å². The average molecular weight is 421 g/mol. The lowest BCUT2D eigenvalue weighted by Crippen LogP contribution is -2.51. The van der Waals surface area contributed by atoms with Gasteiger partial charge in [0.15, 0.2) is 12.2 Å². The molecule has 3 rings (SSSR count). The molecular formula is C16H11BrN3O4S+. The number of hydrogen-bond acceptors (Lipinski definition) is 5. The predicted octanol–water partition coefficient (Wildman–Crippen LogP) is 2.66. The van der Waals surface area contributed by atoms with E-state index in [1.165, 1.54) is 13.1 Å². The van der Waals surface area contributed by atoms with E-state index in [1.54, 1.807) is 30.3 Å². The van der Waals surface area contributed by atoms with Gasteiger partial charge in [-0.25, -0.2) is 0 Å². The number of furan rings is 1. The zero-order valence-corrected chi connectivity index (χ0v) is 15.2. The Kier molecular flexibility index (Phi) is 4.60. The molecule has 2 heterocycles. The highest BCUT2D eigenvalue weighted by Crippen LogP contribution is 2.32. The van der Waals surface area contributed by atoms with E-state index < -0.39 is 11.8 Å². The molecule has 7 nitrogen and oxygen atoms in total. The van der Waals surface area contributed by atoms with Crippen molar-refractivity contribution in [2.45, 2.75) is 0 Å². The largest absolute Gasteiger partial charge is 0.457 e. The Balaban J connectivity index is 1.92. The molecule has 0 saturated carbocycles. The number of carbonyl (C=O) groups excluding carboxylic acids is 2. The molecule has 1 saturated heterocycles. The number of nitrogens with one attached hydrogen (secondary N) is 2. The molecule has 126 valence electrons. The lowest BCUT2D eigenvalue weighted by atomic mass is 10.1. The molecule has 0 atom stereocenters. The maximum Gasteiger partial charge on any atom is 0.263 e. The summed E-state index contributed by atoms with van der Waals surface area (Å²) in [5.74, 6) is -0.322. The summed E-state index contributed by atoms with van der Waals surface area (Å²) >= 11 is 8.15. The molecule has 1 aromatic heterocycles. The number of amides is 2. The maximum atomic E-state index is 11.8. The minimum atomic E-state index is -0.587. The van der Waals surface area contributed by atoms with E-state index in [2.05, 4.69) is 26.6 Å². The summed E-state index contributed by atoms with van der Waals surface area (Å²) in [7, 11) is 1.41. The fraction of sp³-hybridized carbons (Fsp3) is 0.0625. The standard InChI is InChI=1S/C16H10BrN3O4S/c1-20(23)8-2-4-10(12(17)6-8)13-5-3-9(24-13)7-11-14(21)18-16(25)19-15(11)22/h2-7H,1H3,(H-,18,19,21,22,25)/p+1. The smallest absolute Gasteiger partial charge is 0.263 e. The maximum absolute atomic E-state index is 11.8. The first-order valence-corrected chi connectivity index (χ1v) is 8.24. The third kappa shape index (κ3) is 3.57. The first-order chi connectivity index (χ1) is 11.8. The van der Waals surface area contributed by atoms with Crippen molar-refractivity contribution >= 4 is 56.8 Å². The van der Waals surface area contributed by atoms with Crippen molar-refractivity contribution in [3.63, 3.8) is 0 Å². The summed E-state index contributed by atoms with van der Waals surface area (Å²) in [4.78, 5) is 35.0. The van der Waals surface area contributed by atoms with Crippen LogP contribution in [0.4, 0.5) is 5.69 Å². The number of nitrogens with zero attached hydrogens (tertiary/aromatic N) is 1. The van der Waals surface area contributed by atoms with Crippen LogP contribution < -0.4 is 10.6 Å². The number of carbonyl (C=O) groups is 2. The number of hydrogen-bond donors (Lipinski definition) is 2. The minimum absolute atomic E-state index is 0.0281. The van der Waals surface area contributed by atoms with Gasteiger partial charge in [-0.1, -0.05) is 0 Å². The summed E-state index contributed by atoms with van der Waals surface area (Å²) in [5, 5.41) is 4.68. The van der Waals surface area contributed by atoms with Crippen LogP contribution in [-0.4, -0.2) is 28.7 Å². The third-order valence-electron chi connectivity index (χ3n) is 3.44. The molecule has 25 heavy (non-hydrogen) atoms. The van der Waals surface area contributed by atoms with Crippen molar-refractivity contribution in [3.8, 4) is 11.3 Å². The second kappa shape index (κ2) is 6.69. The third-order valence-corrected chi connectivity index (χ3v) is 4.30. The molecule has 0 bridgehead atoms. The molecule has 2 aromatic rings. The van der Waals surface area contributed by atoms with Gasteiger partial charge in [-0.3, -0.25) is 20.2 Å². The SMILES string of the molecule is C[N+](=O)c1ccc(-c2ccc(C=C3C(=O)NC(=S)NC3=O)o2)c(Br)c1. The minimum Gasteiger partial charge on any atom is -0.457 e. The second-order valence-electron chi connectivity index (χ2n) is 5.16. The van der Waals surface area contributed by atoms with Gasteiger partial charge in [-0.15, -0.1) is 0 Å². The molecule has 2 amide bonds. The summed E-state index contributed by atoms with van der Waals surface area (Å²) in [6.07, 6.45) is 1.34. The topological polar surface area (TPSA) is 91.4 Å². The second-order valence-corrected chi connectivity index (χ2v) is 6.42. The Bertz CT molecular complexity index is 942. The predicted molar refractivity (Wildman–Crippen MR) is 97.9 cm³/mol. The Labute approximate surface area is 155 Å². The van der Waals surface area contributed by atoms with E-state index in [0.717, 1.165) is 10.3 Å². The van der Waals surface area contributed by atoms with Crippen molar-refractivity contribution in [1.29, 1.82) is 0 Å². The van der Waals surface area contributed by atoms with Crippen molar-refractivity contribution in [2.75, 3.05) is 7.05 Å². The molecule has 1 aliphatic heterocycles. The highest BCUT2D eigenvalue weighted by molar-refractivity contribution is 9.10. The van der Waals surface area contributed by atoms with E-state index in [0.29, 0.717) is 21.7 Å². The van der Waals surface area contributed by atoms with Crippen LogP contribution in [0.5, 0.6) is 0 Å². The van der Waals surface area contributed by atoms with Crippen LogP contribution in [0.2, 0.25) is 0 Å². The van der Waals surface area contributed by atoms with E-state index >= 15 is 0 Å². The van der Waals surface area contributed by atoms with Crippen molar-refractivity contribution in [3.05, 3.63) is 51.0 Å². The summed E-state index contributed by atoms with van der Waals surface area (Å²) < 4.78 is 7.11. The zero-order valence-electron chi connectivity index (χ0n) is 12.8. The van der Waals surface area contributed by atoms with Crippen molar-refractivity contribution in [1.82, 2.24) is 10.6 Å². The van der Waals surface area contributed by atoms with Gasteiger partial charge in [0.25, 0.3) is 17.5 Å². The van der Waals surface area contributed by atoms with Gasteiger partial charge in [0.1, 0.15) is 17.1 Å². The molecule has 1 aliphatic rings. The highest BCUT2D eigenvalue weighted by Gasteiger charge is 2.26. The first-order valence-electron chi connectivity index (χ1n) is 7.04. The summed E-state index contributed by atoms with van der Waals surface area (Å²) in [6.45, 7) is 0. The van der Waals surface area contributed by atoms with Crippen molar-refractivity contribution in [2.24, 2.45) is 0 Å². The monoisotopic (exact) mass is 420 g/mol. The van der Waals surface area contributed by atoms with Gasteiger partial charge in [-0.2, -0.15) is 0 Å². The normalized spacial score (nSPS) is 14.2. The molecule has 9 heteroatoms. The van der Waals surface area contributed by atoms with Crippen LogP contribution >= 0.6 is 28.1 Å². The fourth-order valence-electron chi connectivity index (χ4n) is 2.22. The Morgan fingerprint density at radius 3 is 2.44 bits per heavy atom. The zero-order chi connectivity index (χ0) is 18.1. The number of benzene rings is 1. The summed E-state index contributed by atoms with van der Waals surface area (Å²) in [5.41, 5.74) is 1.13. The molecule has 2 N–H and O–H groups in total. The van der Waals surface area contributed by atoms with Crippen LogP contribution in [0.15, 0.2) is 44.8 Å². The van der Waals surface area contributed by atoms with E-state index in [-0.39, 0.29) is 10.7 Å². The van der Waals surface area contributed by atoms with Gasteiger partial charge >= 0.3 is 0 Å². The van der Waals surface area contributed by atoms with E-state index in [1.807, 2.05) is 0 Å². The lowest BCUT2D eigenvalue weighted by molar-refractivity contribution is -0.428. The molecule has 1 fully saturated rings. The summed E-state index contributed by atoms with van der Waals surface area (Å²) in [6, 6.07) is 8.41. The first kappa shape index (κ1) is 17.2. The lowest BCUT2D eigenvalue weighted by Gasteiger charge is -2.15.